The third-order valence-corrected chi connectivity index (χ3v) is 4.19. The van der Waals surface area contributed by atoms with Crippen LogP contribution >= 0.6 is 0 Å². The fourth-order valence-corrected chi connectivity index (χ4v) is 2.54. The predicted molar refractivity (Wildman–Crippen MR) is 66.9 cm³/mol. The molecule has 1 saturated carbocycles. The zero-order valence-corrected chi connectivity index (χ0v) is 11.0. The first-order chi connectivity index (χ1) is 7.47. The van der Waals surface area contributed by atoms with Gasteiger partial charge in [-0.05, 0) is 30.6 Å². The molecule has 4 atom stereocenters. The number of rotatable bonds is 4. The van der Waals surface area contributed by atoms with E-state index in [1.54, 1.807) is 0 Å². The molecule has 0 spiro atoms. The summed E-state index contributed by atoms with van der Waals surface area (Å²) in [5.74, 6) is 1.74. The molecule has 1 fully saturated rings. The Balaban J connectivity index is 2.51. The van der Waals surface area contributed by atoms with Gasteiger partial charge in [0.2, 0.25) is 5.91 Å². The van der Waals surface area contributed by atoms with E-state index in [2.05, 4.69) is 33.0 Å². The van der Waals surface area contributed by atoms with Gasteiger partial charge in [-0.15, -0.1) is 0 Å². The third kappa shape index (κ3) is 2.97. The predicted octanol–water partition coefficient (Wildman–Crippen LogP) is 1.77. The SMILES string of the molecule is CC(C)C(CN)C(=O)NC1CCC(C)C1C. The maximum atomic E-state index is 12.0. The van der Waals surface area contributed by atoms with E-state index < -0.39 is 0 Å². The smallest absolute Gasteiger partial charge is 0.224 e. The Bertz CT molecular complexity index is 240. The first kappa shape index (κ1) is 13.5. The van der Waals surface area contributed by atoms with Gasteiger partial charge in [0, 0.05) is 12.6 Å². The lowest BCUT2D eigenvalue weighted by Gasteiger charge is -2.24. The molecule has 3 heteroatoms. The van der Waals surface area contributed by atoms with Gasteiger partial charge in [-0.1, -0.05) is 27.7 Å². The zero-order chi connectivity index (χ0) is 12.3. The standard InChI is InChI=1S/C13H26N2O/c1-8(2)11(7-14)13(16)15-12-6-5-9(3)10(12)4/h8-12H,5-7,14H2,1-4H3,(H,15,16). The molecule has 4 unspecified atom stereocenters. The first-order valence-corrected chi connectivity index (χ1v) is 6.47. The Kier molecular flexibility index (Phi) is 4.78. The third-order valence-electron chi connectivity index (χ3n) is 4.19. The highest BCUT2D eigenvalue weighted by atomic mass is 16.2. The van der Waals surface area contributed by atoms with Crippen molar-refractivity contribution in [2.45, 2.75) is 46.6 Å². The van der Waals surface area contributed by atoms with Gasteiger partial charge < -0.3 is 11.1 Å². The van der Waals surface area contributed by atoms with Gasteiger partial charge in [0.1, 0.15) is 0 Å². The summed E-state index contributed by atoms with van der Waals surface area (Å²) in [7, 11) is 0. The number of hydrogen-bond acceptors (Lipinski definition) is 2. The molecule has 0 bridgehead atoms. The zero-order valence-electron chi connectivity index (χ0n) is 11.0. The van der Waals surface area contributed by atoms with Crippen molar-refractivity contribution in [2.75, 3.05) is 6.54 Å². The van der Waals surface area contributed by atoms with Gasteiger partial charge in [0.25, 0.3) is 0 Å². The van der Waals surface area contributed by atoms with Crippen molar-refractivity contribution in [1.82, 2.24) is 5.32 Å². The van der Waals surface area contributed by atoms with Crippen LogP contribution in [-0.4, -0.2) is 18.5 Å². The fourth-order valence-electron chi connectivity index (χ4n) is 2.54. The molecule has 1 aliphatic rings. The van der Waals surface area contributed by atoms with Crippen LogP contribution in [0.1, 0.15) is 40.5 Å². The molecule has 1 amide bonds. The van der Waals surface area contributed by atoms with E-state index in [1.807, 2.05) is 0 Å². The maximum Gasteiger partial charge on any atom is 0.224 e. The summed E-state index contributed by atoms with van der Waals surface area (Å²) in [6.45, 7) is 9.05. The molecular weight excluding hydrogens is 200 g/mol. The topological polar surface area (TPSA) is 55.1 Å². The molecule has 94 valence electrons. The van der Waals surface area contributed by atoms with Crippen molar-refractivity contribution < 1.29 is 4.79 Å². The number of nitrogens with one attached hydrogen (secondary N) is 1. The van der Waals surface area contributed by atoms with E-state index >= 15 is 0 Å². The van der Waals surface area contributed by atoms with Crippen molar-refractivity contribution in [3.05, 3.63) is 0 Å². The van der Waals surface area contributed by atoms with Crippen molar-refractivity contribution in [2.24, 2.45) is 29.4 Å². The second kappa shape index (κ2) is 5.67. The minimum atomic E-state index is -0.0388. The summed E-state index contributed by atoms with van der Waals surface area (Å²) in [5, 5.41) is 3.17. The molecular formula is C13H26N2O. The lowest BCUT2D eigenvalue weighted by Crippen LogP contribution is -2.44. The number of amides is 1. The highest BCUT2D eigenvalue weighted by Crippen LogP contribution is 2.31. The molecule has 0 radical (unpaired) electrons. The largest absolute Gasteiger partial charge is 0.353 e. The normalized spacial score (nSPS) is 31.8. The summed E-state index contributed by atoms with van der Waals surface area (Å²) < 4.78 is 0. The summed E-state index contributed by atoms with van der Waals surface area (Å²) in [6, 6.07) is 0.357. The van der Waals surface area contributed by atoms with E-state index in [1.165, 1.54) is 6.42 Å². The van der Waals surface area contributed by atoms with Crippen LogP contribution in [0.4, 0.5) is 0 Å². The van der Waals surface area contributed by atoms with Crippen molar-refractivity contribution in [1.29, 1.82) is 0 Å². The van der Waals surface area contributed by atoms with Crippen LogP contribution in [0.2, 0.25) is 0 Å². The van der Waals surface area contributed by atoms with Crippen LogP contribution < -0.4 is 11.1 Å². The van der Waals surface area contributed by atoms with E-state index in [0.29, 0.717) is 24.4 Å². The molecule has 0 aliphatic heterocycles. The Hall–Kier alpha value is -0.570. The molecule has 0 aromatic heterocycles. The molecule has 3 nitrogen and oxygen atoms in total. The van der Waals surface area contributed by atoms with Gasteiger partial charge in [0.05, 0.1) is 5.92 Å². The van der Waals surface area contributed by atoms with Crippen molar-refractivity contribution in [3.8, 4) is 0 Å². The second-order valence-corrected chi connectivity index (χ2v) is 5.62. The number of hydrogen-bond donors (Lipinski definition) is 2. The van der Waals surface area contributed by atoms with Crippen LogP contribution in [0, 0.1) is 23.7 Å². The minimum Gasteiger partial charge on any atom is -0.353 e. The monoisotopic (exact) mass is 226 g/mol. The number of carbonyl (C=O) groups is 1. The average molecular weight is 226 g/mol. The number of nitrogens with two attached hydrogens (primary N) is 1. The fraction of sp³-hybridized carbons (Fsp3) is 0.923. The molecule has 0 heterocycles. The highest BCUT2D eigenvalue weighted by Gasteiger charge is 2.32. The van der Waals surface area contributed by atoms with E-state index in [0.717, 1.165) is 12.3 Å². The summed E-state index contributed by atoms with van der Waals surface area (Å²) in [5.41, 5.74) is 5.65. The lowest BCUT2D eigenvalue weighted by atomic mass is 9.93. The quantitative estimate of drug-likeness (QED) is 0.767. The molecule has 16 heavy (non-hydrogen) atoms. The first-order valence-electron chi connectivity index (χ1n) is 6.47. The summed E-state index contributed by atoms with van der Waals surface area (Å²) >= 11 is 0. The van der Waals surface area contributed by atoms with Crippen LogP contribution in [0.15, 0.2) is 0 Å². The molecule has 0 aromatic rings. The van der Waals surface area contributed by atoms with Crippen molar-refractivity contribution >= 4 is 5.91 Å². The second-order valence-electron chi connectivity index (χ2n) is 5.62. The lowest BCUT2D eigenvalue weighted by molar-refractivity contribution is -0.126. The average Bonchev–Trinajstić information content (AvgIpc) is 2.50. The molecule has 0 saturated heterocycles. The van der Waals surface area contributed by atoms with Crippen LogP contribution in [-0.2, 0) is 4.79 Å². The Morgan fingerprint density at radius 1 is 1.38 bits per heavy atom. The van der Waals surface area contributed by atoms with Crippen LogP contribution in [0.3, 0.4) is 0 Å². The highest BCUT2D eigenvalue weighted by molar-refractivity contribution is 5.79. The van der Waals surface area contributed by atoms with Gasteiger partial charge in [0.15, 0.2) is 0 Å². The molecule has 1 aliphatic carbocycles. The minimum absolute atomic E-state index is 0.0388. The summed E-state index contributed by atoms with van der Waals surface area (Å²) in [4.78, 5) is 12.0. The van der Waals surface area contributed by atoms with Gasteiger partial charge in [-0.2, -0.15) is 0 Å². The Morgan fingerprint density at radius 2 is 2.00 bits per heavy atom. The Labute approximate surface area is 99.2 Å². The van der Waals surface area contributed by atoms with E-state index in [-0.39, 0.29) is 11.8 Å². The van der Waals surface area contributed by atoms with Crippen molar-refractivity contribution in [3.63, 3.8) is 0 Å². The maximum absolute atomic E-state index is 12.0. The Morgan fingerprint density at radius 3 is 2.38 bits per heavy atom. The molecule has 0 aromatic carbocycles. The van der Waals surface area contributed by atoms with Gasteiger partial charge >= 0.3 is 0 Å². The molecule has 3 N–H and O–H groups in total. The summed E-state index contributed by atoms with van der Waals surface area (Å²) in [6.07, 6.45) is 2.34. The molecule has 1 rings (SSSR count). The van der Waals surface area contributed by atoms with Crippen LogP contribution in [0.25, 0.3) is 0 Å². The van der Waals surface area contributed by atoms with E-state index in [9.17, 15) is 4.79 Å². The van der Waals surface area contributed by atoms with E-state index in [4.69, 9.17) is 5.73 Å². The number of carbonyl (C=O) groups excluding carboxylic acids is 1. The van der Waals surface area contributed by atoms with Crippen LogP contribution in [0.5, 0.6) is 0 Å². The van der Waals surface area contributed by atoms with Gasteiger partial charge in [-0.3, -0.25) is 4.79 Å². The van der Waals surface area contributed by atoms with Gasteiger partial charge in [-0.25, -0.2) is 0 Å².